The zero-order chi connectivity index (χ0) is 62.5. The van der Waals surface area contributed by atoms with Gasteiger partial charge in [-0.05, 0) is 116 Å². The summed E-state index contributed by atoms with van der Waals surface area (Å²) < 4.78 is 9.96. The first-order valence-corrected chi connectivity index (χ1v) is 32.4. The Morgan fingerprint density at radius 3 is 1.23 bits per heavy atom. The molecule has 0 saturated heterocycles. The van der Waals surface area contributed by atoms with E-state index in [0.29, 0.717) is 17.5 Å². The summed E-state index contributed by atoms with van der Waals surface area (Å²) in [6, 6.07) is 120. The summed E-state index contributed by atoms with van der Waals surface area (Å²) in [5, 5.41) is 4.44. The first kappa shape index (κ1) is 54.1. The first-order valence-electron chi connectivity index (χ1n) is 32.4. The lowest BCUT2D eigenvalue weighted by molar-refractivity contribution is 0.669. The van der Waals surface area contributed by atoms with E-state index in [4.69, 9.17) is 19.4 Å². The molecule has 0 unspecified atom stereocenters. The van der Waals surface area contributed by atoms with Crippen molar-refractivity contribution in [1.82, 2.24) is 19.5 Å². The maximum atomic E-state index is 7.52. The highest BCUT2D eigenvalue weighted by atomic mass is 16.3. The molecule has 0 spiro atoms. The number of aromatic nitrogens is 4. The molecule has 0 atom stereocenters. The van der Waals surface area contributed by atoms with Gasteiger partial charge in [0.25, 0.3) is 6.71 Å². The second-order valence-electron chi connectivity index (χ2n) is 24.6. The van der Waals surface area contributed by atoms with Gasteiger partial charge in [-0.15, -0.1) is 0 Å². The quantitative estimate of drug-likeness (QED) is 0.127. The van der Waals surface area contributed by atoms with E-state index in [-0.39, 0.29) is 6.71 Å². The fourth-order valence-corrected chi connectivity index (χ4v) is 14.9. The van der Waals surface area contributed by atoms with E-state index in [2.05, 4.69) is 312 Å². The minimum absolute atomic E-state index is 0.318. The first-order chi connectivity index (χ1) is 47.1. The molecule has 0 fully saturated rings. The molecule has 7 nitrogen and oxygen atoms in total. The Labute approximate surface area is 549 Å². The van der Waals surface area contributed by atoms with Crippen LogP contribution in [0.1, 0.15) is 0 Å². The monoisotopic (exact) mass is 1210 g/mol. The maximum absolute atomic E-state index is 7.52. The molecule has 0 saturated carbocycles. The zero-order valence-corrected chi connectivity index (χ0v) is 51.4. The topological polar surface area (TPSA) is 63.2 Å². The average Bonchev–Trinajstić information content (AvgIpc) is 1.63. The standard InChI is InChI=1S/C87H55BN6O/c1-7-25-56(26-8-1)62-44-49-76(69(51-62)58-29-11-3-12-30-58)93-78-53-64(87-90-85(60-33-15-5-16-34-60)89-86(91-87)61-35-17-6-18-36-61)43-47-72(78)88-73-48-46-65(92-74-40-22-19-37-66(74)67-38-20-23-41-75(67)92)54-79(73)94(83-82(88)80(93)55-71-68-39-21-24-42-81(68)95-84(71)83)77-50-45-63(57-27-9-2-10-28-57)52-70(77)59-31-13-4-14-32-59/h1-55H. The van der Waals surface area contributed by atoms with Crippen molar-refractivity contribution in [2.24, 2.45) is 0 Å². The van der Waals surface area contributed by atoms with Crippen LogP contribution in [0.4, 0.5) is 34.1 Å². The fraction of sp³-hybridized carbons (Fsp3) is 0. The van der Waals surface area contributed by atoms with Gasteiger partial charge < -0.3 is 18.8 Å². The largest absolute Gasteiger partial charge is 0.454 e. The van der Waals surface area contributed by atoms with Gasteiger partial charge in [0.15, 0.2) is 23.1 Å². The Balaban J connectivity index is 0.955. The van der Waals surface area contributed by atoms with E-state index in [0.717, 1.165) is 150 Å². The molecule has 19 rings (SSSR count). The predicted octanol–water partition coefficient (Wildman–Crippen LogP) is 20.6. The number of rotatable bonds is 10. The zero-order valence-electron chi connectivity index (χ0n) is 51.4. The van der Waals surface area contributed by atoms with E-state index < -0.39 is 0 Å². The lowest BCUT2D eigenvalue weighted by Gasteiger charge is -2.45. The highest BCUT2D eigenvalue weighted by Crippen LogP contribution is 2.53. The van der Waals surface area contributed by atoms with Crippen LogP contribution in [0.2, 0.25) is 0 Å². The number of hydrogen-bond acceptors (Lipinski definition) is 6. The van der Waals surface area contributed by atoms with Crippen LogP contribution in [0.15, 0.2) is 338 Å². The van der Waals surface area contributed by atoms with Gasteiger partial charge >= 0.3 is 0 Å². The Bertz CT molecular complexity index is 5750. The van der Waals surface area contributed by atoms with Gasteiger partial charge in [0, 0.05) is 72.1 Å². The van der Waals surface area contributed by atoms with Crippen LogP contribution in [-0.4, -0.2) is 26.2 Å². The van der Waals surface area contributed by atoms with E-state index in [1.807, 2.05) is 36.4 Å². The Morgan fingerprint density at radius 1 is 0.274 bits per heavy atom. The molecule has 14 aromatic carbocycles. The van der Waals surface area contributed by atoms with E-state index in [1.54, 1.807) is 0 Å². The SMILES string of the molecule is c1ccc(-c2ccc(N3c4cc(-c5nc(-c6ccccc6)nc(-c6ccccc6)n5)ccc4B4c5ccc(-n6c7ccccc7c7ccccc76)cc5N(c5ccc(-c6ccccc6)cc5-c5ccccc5)c5c4c3cc3c5oc4ccccc43)c(-c3ccccc3)c2)cc1. The molecule has 0 amide bonds. The molecule has 2 aliphatic heterocycles. The third kappa shape index (κ3) is 8.87. The van der Waals surface area contributed by atoms with Crippen molar-refractivity contribution in [3.8, 4) is 84.4 Å². The van der Waals surface area contributed by atoms with Gasteiger partial charge in [-0.3, -0.25) is 0 Å². The molecule has 0 radical (unpaired) electrons. The number of fused-ring (bicyclic) bond motifs is 11. The van der Waals surface area contributed by atoms with E-state index in [9.17, 15) is 0 Å². The van der Waals surface area contributed by atoms with Crippen LogP contribution in [0.3, 0.4) is 0 Å². The lowest BCUT2D eigenvalue weighted by Crippen LogP contribution is -2.61. The highest BCUT2D eigenvalue weighted by molar-refractivity contribution is 7.00. The van der Waals surface area contributed by atoms with Gasteiger partial charge in [-0.1, -0.05) is 267 Å². The summed E-state index contributed by atoms with van der Waals surface area (Å²) in [6.45, 7) is -0.318. The molecule has 0 aliphatic carbocycles. The van der Waals surface area contributed by atoms with Crippen molar-refractivity contribution in [2.45, 2.75) is 0 Å². The molecular formula is C87H55BN6O. The van der Waals surface area contributed by atoms with Crippen molar-refractivity contribution in [1.29, 1.82) is 0 Å². The van der Waals surface area contributed by atoms with Crippen molar-refractivity contribution in [3.63, 3.8) is 0 Å². The van der Waals surface area contributed by atoms with Crippen LogP contribution in [0.25, 0.3) is 128 Å². The molecule has 17 aromatic rings. The van der Waals surface area contributed by atoms with E-state index >= 15 is 0 Å². The number of anilines is 6. The summed E-state index contributed by atoms with van der Waals surface area (Å²) in [4.78, 5) is 21.0. The summed E-state index contributed by atoms with van der Waals surface area (Å²) in [6.07, 6.45) is 0. The molecule has 95 heavy (non-hydrogen) atoms. The van der Waals surface area contributed by atoms with Crippen LogP contribution < -0.4 is 26.2 Å². The van der Waals surface area contributed by atoms with E-state index in [1.165, 1.54) is 10.8 Å². The second-order valence-corrected chi connectivity index (χ2v) is 24.6. The number of benzene rings is 14. The van der Waals surface area contributed by atoms with Crippen molar-refractivity contribution < 1.29 is 4.42 Å². The lowest BCUT2D eigenvalue weighted by atomic mass is 9.33. The van der Waals surface area contributed by atoms with Gasteiger partial charge in [-0.25, -0.2) is 15.0 Å². The van der Waals surface area contributed by atoms with Crippen LogP contribution in [0.5, 0.6) is 0 Å². The third-order valence-electron chi connectivity index (χ3n) is 19.2. The number of hydrogen-bond donors (Lipinski definition) is 0. The van der Waals surface area contributed by atoms with Crippen molar-refractivity contribution >= 4 is 101 Å². The fourth-order valence-electron chi connectivity index (χ4n) is 14.9. The van der Waals surface area contributed by atoms with Gasteiger partial charge in [0.05, 0.1) is 28.1 Å². The van der Waals surface area contributed by atoms with Gasteiger partial charge in [-0.2, -0.15) is 0 Å². The van der Waals surface area contributed by atoms with Crippen LogP contribution in [0, 0.1) is 0 Å². The predicted molar refractivity (Wildman–Crippen MR) is 394 cm³/mol. The molecule has 5 heterocycles. The summed E-state index contributed by atoms with van der Waals surface area (Å²) in [5.74, 6) is 1.77. The van der Waals surface area contributed by atoms with Crippen molar-refractivity contribution in [2.75, 3.05) is 9.80 Å². The summed E-state index contributed by atoms with van der Waals surface area (Å²) in [7, 11) is 0. The molecule has 3 aromatic heterocycles. The normalized spacial score (nSPS) is 12.4. The van der Waals surface area contributed by atoms with Crippen LogP contribution >= 0.6 is 0 Å². The average molecular weight is 1210 g/mol. The van der Waals surface area contributed by atoms with Crippen molar-refractivity contribution in [3.05, 3.63) is 334 Å². The molecule has 0 bridgehead atoms. The summed E-state index contributed by atoms with van der Waals surface area (Å²) >= 11 is 0. The number of furan rings is 1. The Morgan fingerprint density at radius 2 is 0.695 bits per heavy atom. The Kier molecular flexibility index (Phi) is 12.6. The molecule has 442 valence electrons. The molecule has 2 aliphatic rings. The summed E-state index contributed by atoms with van der Waals surface area (Å²) in [5.41, 5.74) is 26.0. The molecule has 8 heteroatoms. The van der Waals surface area contributed by atoms with Gasteiger partial charge in [0.1, 0.15) is 5.58 Å². The third-order valence-corrected chi connectivity index (χ3v) is 19.2. The maximum Gasteiger partial charge on any atom is 0.252 e. The molecular weight excluding hydrogens is 1160 g/mol. The second kappa shape index (κ2) is 22.0. The van der Waals surface area contributed by atoms with Crippen LogP contribution in [-0.2, 0) is 0 Å². The minimum Gasteiger partial charge on any atom is -0.454 e. The van der Waals surface area contributed by atoms with Gasteiger partial charge in [0.2, 0.25) is 0 Å². The minimum atomic E-state index is -0.318. The highest BCUT2D eigenvalue weighted by Gasteiger charge is 2.46. The number of nitrogens with zero attached hydrogens (tertiary/aromatic N) is 6. The number of para-hydroxylation sites is 3. The molecule has 0 N–H and O–H groups in total. The Hall–Kier alpha value is -12.6. The smallest absolute Gasteiger partial charge is 0.252 e.